The molecule has 4 rings (SSSR count). The molecule has 0 radical (unpaired) electrons. The lowest BCUT2D eigenvalue weighted by atomic mass is 9.65. The number of nitrogens with one attached hydrogen (secondary N) is 1. The minimum atomic E-state index is 0.390. The third-order valence-electron chi connectivity index (χ3n) is 5.18. The van der Waals surface area contributed by atoms with Crippen LogP contribution in [-0.2, 0) is 0 Å². The number of nitrogens with zero attached hydrogens (tertiary/aromatic N) is 3. The molecule has 2 fully saturated rings. The van der Waals surface area contributed by atoms with Crippen molar-refractivity contribution in [2.75, 3.05) is 11.9 Å². The Labute approximate surface area is 146 Å². The van der Waals surface area contributed by atoms with E-state index in [1.165, 1.54) is 31.0 Å². The van der Waals surface area contributed by atoms with E-state index < -0.39 is 0 Å². The molecule has 1 aromatic carbocycles. The fraction of sp³-hybridized carbons (Fsp3) is 0.588. The van der Waals surface area contributed by atoms with E-state index in [1.54, 1.807) is 0 Å². The topological polar surface area (TPSA) is 41.0 Å². The fourth-order valence-electron chi connectivity index (χ4n) is 4.75. The molecule has 4 nitrogen and oxygen atoms in total. The van der Waals surface area contributed by atoms with E-state index in [0.29, 0.717) is 16.9 Å². The highest BCUT2D eigenvalue weighted by molar-refractivity contribution is 7.80. The summed E-state index contributed by atoms with van der Waals surface area (Å²) < 4.78 is 8.55. The van der Waals surface area contributed by atoms with E-state index >= 15 is 0 Å². The zero-order chi connectivity index (χ0) is 16.2. The SMILES string of the molecule is CC1(C)CC2CC(C)(CN2C(=S)Nc2ccc3nsnc3c2)C1. The normalized spacial score (nSPS) is 29.0. The third kappa shape index (κ3) is 2.83. The van der Waals surface area contributed by atoms with Gasteiger partial charge in [-0.2, -0.15) is 8.75 Å². The highest BCUT2D eigenvalue weighted by Crippen LogP contribution is 2.52. The Hall–Kier alpha value is -1.27. The molecule has 1 aliphatic heterocycles. The zero-order valence-electron chi connectivity index (χ0n) is 13.8. The second kappa shape index (κ2) is 5.11. The smallest absolute Gasteiger partial charge is 0.173 e. The van der Waals surface area contributed by atoms with Crippen molar-refractivity contribution in [3.8, 4) is 0 Å². The number of aromatic nitrogens is 2. The number of benzene rings is 1. The molecule has 1 saturated heterocycles. The van der Waals surface area contributed by atoms with Gasteiger partial charge >= 0.3 is 0 Å². The Bertz CT molecular complexity index is 769. The van der Waals surface area contributed by atoms with Crippen LogP contribution in [0.4, 0.5) is 5.69 Å². The zero-order valence-corrected chi connectivity index (χ0v) is 15.4. The summed E-state index contributed by atoms with van der Waals surface area (Å²) in [5, 5.41) is 4.26. The number of hydrogen-bond acceptors (Lipinski definition) is 4. The van der Waals surface area contributed by atoms with Crippen molar-refractivity contribution >= 4 is 45.8 Å². The summed E-state index contributed by atoms with van der Waals surface area (Å²) in [7, 11) is 0. The van der Waals surface area contributed by atoms with Crippen molar-refractivity contribution in [2.24, 2.45) is 10.8 Å². The van der Waals surface area contributed by atoms with Gasteiger partial charge in [0, 0.05) is 18.3 Å². The minimum Gasteiger partial charge on any atom is -0.345 e. The molecule has 1 saturated carbocycles. The Morgan fingerprint density at radius 2 is 2.04 bits per heavy atom. The average molecular weight is 347 g/mol. The molecule has 1 N–H and O–H groups in total. The average Bonchev–Trinajstić information content (AvgIpc) is 2.99. The first-order chi connectivity index (χ1) is 10.8. The molecular weight excluding hydrogens is 324 g/mol. The molecule has 2 aromatic rings. The number of anilines is 1. The number of fused-ring (bicyclic) bond motifs is 3. The summed E-state index contributed by atoms with van der Waals surface area (Å²) in [6.07, 6.45) is 3.76. The van der Waals surface area contributed by atoms with Gasteiger partial charge in [-0.3, -0.25) is 0 Å². The summed E-state index contributed by atoms with van der Waals surface area (Å²) in [5.74, 6) is 0. The molecule has 122 valence electrons. The maximum Gasteiger partial charge on any atom is 0.173 e. The predicted molar refractivity (Wildman–Crippen MR) is 99.9 cm³/mol. The van der Waals surface area contributed by atoms with Crippen molar-refractivity contribution in [3.05, 3.63) is 18.2 Å². The summed E-state index contributed by atoms with van der Waals surface area (Å²) in [6.45, 7) is 8.26. The molecule has 2 aliphatic rings. The molecule has 6 heteroatoms. The number of hydrogen-bond donors (Lipinski definition) is 1. The van der Waals surface area contributed by atoms with Gasteiger partial charge in [0.05, 0.1) is 11.7 Å². The van der Waals surface area contributed by atoms with Gasteiger partial charge in [0.25, 0.3) is 0 Å². The lowest BCUT2D eigenvalue weighted by Crippen LogP contribution is -2.39. The molecule has 0 amide bonds. The van der Waals surface area contributed by atoms with Gasteiger partial charge in [-0.25, -0.2) is 0 Å². The Balaban J connectivity index is 1.53. The van der Waals surface area contributed by atoms with Crippen molar-refractivity contribution in [1.82, 2.24) is 13.6 Å². The van der Waals surface area contributed by atoms with E-state index in [2.05, 4.69) is 39.7 Å². The maximum absolute atomic E-state index is 5.73. The van der Waals surface area contributed by atoms with Crippen LogP contribution in [0, 0.1) is 10.8 Å². The van der Waals surface area contributed by atoms with Gasteiger partial charge < -0.3 is 10.2 Å². The van der Waals surface area contributed by atoms with Crippen molar-refractivity contribution in [2.45, 2.75) is 46.1 Å². The Kier molecular flexibility index (Phi) is 3.39. The van der Waals surface area contributed by atoms with E-state index in [-0.39, 0.29) is 0 Å². The van der Waals surface area contributed by atoms with E-state index in [1.807, 2.05) is 18.2 Å². The first-order valence-corrected chi connectivity index (χ1v) is 9.28. The van der Waals surface area contributed by atoms with Crippen LogP contribution in [0.3, 0.4) is 0 Å². The molecule has 2 bridgehead atoms. The van der Waals surface area contributed by atoms with Crippen LogP contribution in [0.2, 0.25) is 0 Å². The fourth-order valence-corrected chi connectivity index (χ4v) is 5.60. The van der Waals surface area contributed by atoms with Crippen LogP contribution >= 0.6 is 23.9 Å². The standard InChI is InChI=1S/C17H22N4S2/c1-16(2)7-12-8-17(3,9-16)10-21(12)15(22)18-11-4-5-13-14(6-11)20-23-19-13/h4-6,12H,7-10H2,1-3H3,(H,18,22). The molecule has 1 aromatic heterocycles. The third-order valence-corrected chi connectivity index (χ3v) is 6.07. The summed E-state index contributed by atoms with van der Waals surface area (Å²) >= 11 is 6.97. The molecule has 2 atom stereocenters. The van der Waals surface area contributed by atoms with Crippen molar-refractivity contribution in [1.29, 1.82) is 0 Å². The van der Waals surface area contributed by atoms with Crippen molar-refractivity contribution in [3.63, 3.8) is 0 Å². The van der Waals surface area contributed by atoms with Crippen LogP contribution in [0.25, 0.3) is 11.0 Å². The van der Waals surface area contributed by atoms with Crippen molar-refractivity contribution < 1.29 is 0 Å². The van der Waals surface area contributed by atoms with Crippen LogP contribution in [0.5, 0.6) is 0 Å². The van der Waals surface area contributed by atoms with Crippen LogP contribution < -0.4 is 5.32 Å². The highest BCUT2D eigenvalue weighted by atomic mass is 32.1. The quantitative estimate of drug-likeness (QED) is 0.780. The van der Waals surface area contributed by atoms with Gasteiger partial charge in [-0.1, -0.05) is 20.8 Å². The molecule has 1 aliphatic carbocycles. The lowest BCUT2D eigenvalue weighted by Gasteiger charge is -2.39. The van der Waals surface area contributed by atoms with Crippen LogP contribution in [0.1, 0.15) is 40.0 Å². The van der Waals surface area contributed by atoms with Crippen LogP contribution in [0.15, 0.2) is 18.2 Å². The molecular formula is C17H22N4S2. The van der Waals surface area contributed by atoms with E-state index in [4.69, 9.17) is 12.2 Å². The van der Waals surface area contributed by atoms with E-state index in [9.17, 15) is 0 Å². The number of thiocarbonyl (C=S) groups is 1. The van der Waals surface area contributed by atoms with Gasteiger partial charge in [0.1, 0.15) is 11.0 Å². The second-order valence-electron chi connectivity index (χ2n) is 8.24. The number of likely N-dealkylation sites (tertiary alicyclic amines) is 1. The monoisotopic (exact) mass is 346 g/mol. The van der Waals surface area contributed by atoms with Gasteiger partial charge in [0.15, 0.2) is 5.11 Å². The van der Waals surface area contributed by atoms with E-state index in [0.717, 1.165) is 28.4 Å². The maximum atomic E-state index is 5.73. The largest absolute Gasteiger partial charge is 0.345 e. The first-order valence-electron chi connectivity index (χ1n) is 8.14. The molecule has 2 heterocycles. The highest BCUT2D eigenvalue weighted by Gasteiger charge is 2.50. The summed E-state index contributed by atoms with van der Waals surface area (Å²) in [6, 6.07) is 6.62. The molecule has 23 heavy (non-hydrogen) atoms. The first kappa shape index (κ1) is 15.3. The Morgan fingerprint density at radius 3 is 2.87 bits per heavy atom. The van der Waals surface area contributed by atoms with Gasteiger partial charge in [-0.05, 0) is 60.5 Å². The summed E-state index contributed by atoms with van der Waals surface area (Å²) in [4.78, 5) is 2.41. The Morgan fingerprint density at radius 1 is 1.26 bits per heavy atom. The second-order valence-corrected chi connectivity index (χ2v) is 9.15. The summed E-state index contributed by atoms with van der Waals surface area (Å²) in [5.41, 5.74) is 3.67. The van der Waals surface area contributed by atoms with Crippen LogP contribution in [-0.4, -0.2) is 31.3 Å². The van der Waals surface area contributed by atoms with Gasteiger partial charge in [-0.15, -0.1) is 0 Å². The molecule has 2 unspecified atom stereocenters. The lowest BCUT2D eigenvalue weighted by molar-refractivity contribution is 0.132. The van der Waals surface area contributed by atoms with Gasteiger partial charge in [0.2, 0.25) is 0 Å². The predicted octanol–water partition coefficient (Wildman–Crippen LogP) is 4.29. The number of rotatable bonds is 1. The minimum absolute atomic E-state index is 0.390. The molecule has 0 spiro atoms.